The van der Waals surface area contributed by atoms with E-state index in [1.807, 2.05) is 0 Å². The molecule has 4 bridgehead atoms. The van der Waals surface area contributed by atoms with Gasteiger partial charge in [-0.25, -0.2) is 18.7 Å². The van der Waals surface area contributed by atoms with Gasteiger partial charge in [0.15, 0.2) is 17.0 Å². The van der Waals surface area contributed by atoms with E-state index in [1.54, 1.807) is 18.2 Å². The van der Waals surface area contributed by atoms with Crippen molar-refractivity contribution in [2.45, 2.75) is 38.6 Å². The minimum atomic E-state index is -0.718. The van der Waals surface area contributed by atoms with Crippen molar-refractivity contribution in [2.24, 2.45) is 29.6 Å². The first-order valence-corrected chi connectivity index (χ1v) is 13.1. The molecule has 4 aromatic rings. The zero-order valence-corrected chi connectivity index (χ0v) is 20.6. The molecular weight excluding hydrogens is 491 g/mol. The van der Waals surface area contributed by atoms with Crippen molar-refractivity contribution < 1.29 is 18.4 Å². The maximum Gasteiger partial charge on any atom is 0.417 e. The molecule has 11 heteroatoms. The number of halogens is 1. The third-order valence-electron chi connectivity index (χ3n) is 8.75. The number of carbonyl (C=O) groups excluding carboxylic acids is 2. The largest absolute Gasteiger partial charge is 0.417 e. The number of rotatable bonds is 6. The van der Waals surface area contributed by atoms with Gasteiger partial charge in [-0.15, -0.1) is 0 Å². The van der Waals surface area contributed by atoms with Gasteiger partial charge in [0.05, 0.1) is 11.7 Å². The molecule has 4 fully saturated rings. The van der Waals surface area contributed by atoms with Gasteiger partial charge < -0.3 is 15.1 Å². The van der Waals surface area contributed by atoms with E-state index in [0.717, 1.165) is 22.5 Å². The molecule has 4 aliphatic carbocycles. The lowest BCUT2D eigenvalue weighted by molar-refractivity contribution is -0.0347. The van der Waals surface area contributed by atoms with Crippen LogP contribution in [0, 0.1) is 35.4 Å². The van der Waals surface area contributed by atoms with E-state index in [1.165, 1.54) is 38.2 Å². The van der Waals surface area contributed by atoms with E-state index in [9.17, 15) is 18.8 Å². The molecule has 0 unspecified atom stereocenters. The molecule has 0 saturated heterocycles. The van der Waals surface area contributed by atoms with Crippen molar-refractivity contribution in [3.8, 4) is 0 Å². The van der Waals surface area contributed by atoms with Crippen LogP contribution in [0.15, 0.2) is 39.7 Å². The number of aromatic nitrogens is 4. The Balaban J connectivity index is 1.09. The Morgan fingerprint density at radius 3 is 2.58 bits per heavy atom. The van der Waals surface area contributed by atoms with Gasteiger partial charge in [0, 0.05) is 19.2 Å². The molecule has 38 heavy (non-hydrogen) atoms. The Hall–Kier alpha value is -4.02. The zero-order valence-electron chi connectivity index (χ0n) is 20.6. The second-order valence-electron chi connectivity index (χ2n) is 11.1. The van der Waals surface area contributed by atoms with Crippen LogP contribution >= 0.6 is 0 Å². The third kappa shape index (κ3) is 3.97. The number of H-pyrrole nitrogens is 1. The van der Waals surface area contributed by atoms with Crippen LogP contribution in [-0.2, 0) is 6.54 Å². The lowest BCUT2D eigenvalue weighted by Crippen LogP contribution is -2.49. The number of nitrogens with one attached hydrogen (secondary N) is 3. The highest BCUT2D eigenvalue weighted by Crippen LogP contribution is 2.56. The lowest BCUT2D eigenvalue weighted by atomic mass is 9.52. The molecule has 196 valence electrons. The molecule has 0 spiro atoms. The van der Waals surface area contributed by atoms with Gasteiger partial charge in [-0.1, -0.05) is 6.07 Å². The smallest absolute Gasteiger partial charge is 0.408 e. The van der Waals surface area contributed by atoms with Crippen molar-refractivity contribution in [2.75, 3.05) is 6.54 Å². The molecule has 4 aliphatic rings. The molecule has 0 radical (unpaired) electrons. The van der Waals surface area contributed by atoms with E-state index >= 15 is 0 Å². The average Bonchev–Trinajstić information content (AvgIpc) is 3.46. The van der Waals surface area contributed by atoms with Crippen LogP contribution in [0.5, 0.6) is 0 Å². The van der Waals surface area contributed by atoms with Gasteiger partial charge in [0.2, 0.25) is 0 Å². The summed E-state index contributed by atoms with van der Waals surface area (Å²) in [6, 6.07) is 6.39. The molecule has 0 atom stereocenters. The van der Waals surface area contributed by atoms with Crippen LogP contribution in [0.25, 0.3) is 16.7 Å². The first-order valence-electron chi connectivity index (χ1n) is 13.1. The summed E-state index contributed by atoms with van der Waals surface area (Å²) < 4.78 is 20.6. The fraction of sp³-hybridized carbons (Fsp3) is 0.444. The maximum atomic E-state index is 14.5. The van der Waals surface area contributed by atoms with Gasteiger partial charge >= 0.3 is 5.76 Å². The number of oxazole rings is 1. The number of amides is 2. The van der Waals surface area contributed by atoms with Crippen molar-refractivity contribution >= 4 is 28.6 Å². The first kappa shape index (κ1) is 23.1. The standard InChI is InChI=1S/C27H27FN6O4/c28-19-12-31-34-22(26(36)30-11-18-16-4-14-3-15(6-16)7-17(18)5-14)9-21(32-24(19)34)25(35)29-10-13-1-2-23-20(8-13)33-27(37)38-23/h1-2,8-9,12,14-18H,3-7,10-11H2,(H,29,35)(H,30,36)(H,33,37). The lowest BCUT2D eigenvalue weighted by Gasteiger charge is -2.54. The van der Waals surface area contributed by atoms with Crippen LogP contribution in [0.4, 0.5) is 4.39 Å². The molecule has 3 N–H and O–H groups in total. The van der Waals surface area contributed by atoms with Gasteiger partial charge in [-0.3, -0.25) is 14.6 Å². The molecule has 8 rings (SSSR count). The molecular formula is C27H27FN6O4. The van der Waals surface area contributed by atoms with Crippen molar-refractivity contribution in [1.82, 2.24) is 30.2 Å². The minimum absolute atomic E-state index is 0.0604. The number of fused-ring (bicyclic) bond motifs is 2. The fourth-order valence-corrected chi connectivity index (χ4v) is 7.27. The topological polar surface area (TPSA) is 134 Å². The van der Waals surface area contributed by atoms with Crippen LogP contribution in [0.2, 0.25) is 0 Å². The van der Waals surface area contributed by atoms with Gasteiger partial charge in [-0.2, -0.15) is 5.10 Å². The number of nitrogens with zero attached hydrogens (tertiary/aromatic N) is 3. The first-order chi connectivity index (χ1) is 18.4. The number of benzene rings is 1. The van der Waals surface area contributed by atoms with E-state index in [2.05, 4.69) is 25.7 Å². The summed E-state index contributed by atoms with van der Waals surface area (Å²) in [6.45, 7) is 0.700. The van der Waals surface area contributed by atoms with E-state index in [0.29, 0.717) is 41.0 Å². The SMILES string of the molecule is O=C(NCc1ccc2oc(=O)[nH]c2c1)c1cc(C(=O)NCC2C3CC4CC(C3)CC2C4)n2ncc(F)c2n1. The number of hydrogen-bond acceptors (Lipinski definition) is 6. The molecule has 0 aliphatic heterocycles. The molecule has 2 amide bonds. The van der Waals surface area contributed by atoms with E-state index in [4.69, 9.17) is 4.42 Å². The summed E-state index contributed by atoms with van der Waals surface area (Å²) >= 11 is 0. The van der Waals surface area contributed by atoms with E-state index < -0.39 is 23.4 Å². The van der Waals surface area contributed by atoms with Crippen LogP contribution in [0.3, 0.4) is 0 Å². The maximum absolute atomic E-state index is 14.5. The molecule has 3 aromatic heterocycles. The second kappa shape index (κ2) is 8.78. The van der Waals surface area contributed by atoms with Crippen LogP contribution in [0.1, 0.15) is 58.6 Å². The van der Waals surface area contributed by atoms with Crippen LogP contribution < -0.4 is 16.4 Å². The number of hydrogen-bond donors (Lipinski definition) is 3. The zero-order chi connectivity index (χ0) is 26.0. The Labute approximate surface area is 216 Å². The fourth-order valence-electron chi connectivity index (χ4n) is 7.27. The van der Waals surface area contributed by atoms with Gasteiger partial charge in [0.1, 0.15) is 11.4 Å². The molecule has 4 saturated carbocycles. The summed E-state index contributed by atoms with van der Waals surface area (Å²) in [4.78, 5) is 44.3. The molecule has 10 nitrogen and oxygen atoms in total. The normalized spacial score (nSPS) is 25.8. The van der Waals surface area contributed by atoms with Crippen molar-refractivity contribution in [3.05, 3.63) is 63.8 Å². The quantitative estimate of drug-likeness (QED) is 0.359. The van der Waals surface area contributed by atoms with Crippen molar-refractivity contribution in [3.63, 3.8) is 0 Å². The summed E-state index contributed by atoms with van der Waals surface area (Å²) in [5.41, 5.74) is 1.43. The Morgan fingerprint density at radius 2 is 1.82 bits per heavy atom. The summed E-state index contributed by atoms with van der Waals surface area (Å²) in [5, 5.41) is 9.77. The molecule has 3 heterocycles. The summed E-state index contributed by atoms with van der Waals surface area (Å²) in [5.74, 6) is 1.23. The Morgan fingerprint density at radius 1 is 1.05 bits per heavy atom. The van der Waals surface area contributed by atoms with Crippen molar-refractivity contribution in [1.29, 1.82) is 0 Å². The predicted octanol–water partition coefficient (Wildman–Crippen LogP) is 3.04. The summed E-state index contributed by atoms with van der Waals surface area (Å²) in [7, 11) is 0. The second-order valence-corrected chi connectivity index (χ2v) is 11.1. The van der Waals surface area contributed by atoms with Gasteiger partial charge in [-0.05, 0) is 79.4 Å². The molecule has 1 aromatic carbocycles. The van der Waals surface area contributed by atoms with Gasteiger partial charge in [0.25, 0.3) is 11.8 Å². The minimum Gasteiger partial charge on any atom is -0.408 e. The van der Waals surface area contributed by atoms with E-state index in [-0.39, 0.29) is 23.6 Å². The van der Waals surface area contributed by atoms with Crippen LogP contribution in [-0.4, -0.2) is 37.9 Å². The Bertz CT molecular complexity index is 1610. The highest BCUT2D eigenvalue weighted by molar-refractivity contribution is 5.98. The average molecular weight is 519 g/mol. The monoisotopic (exact) mass is 518 g/mol. The highest BCUT2D eigenvalue weighted by Gasteiger charge is 2.48. The number of carbonyl (C=O) groups is 2. The predicted molar refractivity (Wildman–Crippen MR) is 134 cm³/mol. The number of aromatic amines is 1. The third-order valence-corrected chi connectivity index (χ3v) is 8.75. The summed E-state index contributed by atoms with van der Waals surface area (Å²) in [6.07, 6.45) is 7.38. The highest BCUT2D eigenvalue weighted by atomic mass is 19.1. The Kier molecular flexibility index (Phi) is 5.34.